The van der Waals surface area contributed by atoms with E-state index in [0.29, 0.717) is 16.7 Å². The Labute approximate surface area is 156 Å². The van der Waals surface area contributed by atoms with Crippen LogP contribution in [0.5, 0.6) is 0 Å². The Hall–Kier alpha value is -3.26. The van der Waals surface area contributed by atoms with Crippen LogP contribution in [0.1, 0.15) is 11.1 Å². The Morgan fingerprint density at radius 1 is 1.00 bits per heavy atom. The molecule has 0 bridgehead atoms. The maximum Gasteiger partial charge on any atom is 0.290 e. The Morgan fingerprint density at radius 2 is 1.70 bits per heavy atom. The number of halogens is 2. The van der Waals surface area contributed by atoms with Crippen LogP contribution in [0.2, 0.25) is 0 Å². The van der Waals surface area contributed by atoms with Crippen molar-refractivity contribution in [3.05, 3.63) is 82.4 Å². The summed E-state index contributed by atoms with van der Waals surface area (Å²) in [6.07, 6.45) is 1.53. The van der Waals surface area contributed by atoms with E-state index in [0.717, 1.165) is 30.0 Å². The van der Waals surface area contributed by atoms with Gasteiger partial charge in [0.05, 0.1) is 4.91 Å². The second kappa shape index (κ2) is 6.81. The minimum Gasteiger partial charge on any atom is -0.284 e. The molecule has 0 saturated carbocycles. The predicted octanol–water partition coefficient (Wildman–Crippen LogP) is 4.10. The zero-order valence-electron chi connectivity index (χ0n) is 13.6. The summed E-state index contributed by atoms with van der Waals surface area (Å²) in [5, 5.41) is 8.54. The van der Waals surface area contributed by atoms with Gasteiger partial charge in [0.2, 0.25) is 0 Å². The van der Waals surface area contributed by atoms with E-state index >= 15 is 0 Å². The molecule has 0 aliphatic carbocycles. The molecule has 8 heteroatoms. The first-order valence-corrected chi connectivity index (χ1v) is 8.68. The molecule has 1 aliphatic rings. The van der Waals surface area contributed by atoms with Crippen LogP contribution in [0.3, 0.4) is 0 Å². The van der Waals surface area contributed by atoms with Gasteiger partial charge in [0.25, 0.3) is 11.1 Å². The van der Waals surface area contributed by atoms with Crippen molar-refractivity contribution in [1.29, 1.82) is 0 Å². The van der Waals surface area contributed by atoms with Crippen LogP contribution in [-0.2, 0) is 4.79 Å². The first kappa shape index (κ1) is 17.2. The summed E-state index contributed by atoms with van der Waals surface area (Å²) < 4.78 is 27.4. The van der Waals surface area contributed by atoms with E-state index in [1.165, 1.54) is 6.20 Å². The first-order chi connectivity index (χ1) is 13.0. The number of rotatable bonds is 3. The fraction of sp³-hybridized carbons (Fsp3) is 0. The van der Waals surface area contributed by atoms with E-state index in [1.807, 2.05) is 6.07 Å². The highest BCUT2D eigenvalue weighted by Crippen LogP contribution is 2.39. The van der Waals surface area contributed by atoms with Crippen molar-refractivity contribution in [1.82, 2.24) is 15.5 Å². The van der Waals surface area contributed by atoms with Crippen molar-refractivity contribution in [3.63, 3.8) is 0 Å². The topological polar surface area (TPSA) is 74.8 Å². The zero-order chi connectivity index (χ0) is 19.0. The van der Waals surface area contributed by atoms with E-state index in [9.17, 15) is 18.4 Å². The summed E-state index contributed by atoms with van der Waals surface area (Å²) in [5.74, 6) is -2.01. The molecular weight excluding hydrogens is 372 g/mol. The van der Waals surface area contributed by atoms with Crippen LogP contribution in [-0.4, -0.2) is 21.3 Å². The minimum atomic E-state index is -0.740. The van der Waals surface area contributed by atoms with Crippen LogP contribution < -0.4 is 5.32 Å². The van der Waals surface area contributed by atoms with E-state index in [1.54, 1.807) is 24.3 Å². The highest BCUT2D eigenvalue weighted by atomic mass is 32.2. The second-order valence-corrected chi connectivity index (χ2v) is 6.70. The molecular formula is C19H11F2N3O2S. The molecule has 2 amide bonds. The van der Waals surface area contributed by atoms with Gasteiger partial charge in [-0.1, -0.05) is 30.3 Å². The number of hydrogen-bond donors (Lipinski definition) is 2. The number of benzene rings is 2. The van der Waals surface area contributed by atoms with E-state index in [-0.39, 0.29) is 16.2 Å². The van der Waals surface area contributed by atoms with Crippen LogP contribution in [0, 0.1) is 11.6 Å². The lowest BCUT2D eigenvalue weighted by Gasteiger charge is -2.11. The van der Waals surface area contributed by atoms with Gasteiger partial charge in [0.1, 0.15) is 17.3 Å². The fourth-order valence-electron chi connectivity index (χ4n) is 2.88. The number of nitrogens with one attached hydrogen (secondary N) is 2. The van der Waals surface area contributed by atoms with Gasteiger partial charge in [0, 0.05) is 29.0 Å². The molecule has 1 aromatic heterocycles. The van der Waals surface area contributed by atoms with Crippen molar-refractivity contribution >= 4 is 28.5 Å². The number of aromatic nitrogens is 2. The second-order valence-electron chi connectivity index (χ2n) is 5.72. The number of imide groups is 1. The lowest BCUT2D eigenvalue weighted by atomic mass is 9.95. The third kappa shape index (κ3) is 3.26. The summed E-state index contributed by atoms with van der Waals surface area (Å²) >= 11 is 0.775. The SMILES string of the molecule is O=C1NC(=O)C(=C(c2ccccc2)c2c[nH]nc2-c2cc(F)cc(F)c2)S1. The molecule has 134 valence electrons. The number of H-pyrrole nitrogens is 1. The third-order valence-electron chi connectivity index (χ3n) is 3.95. The molecule has 27 heavy (non-hydrogen) atoms. The highest BCUT2D eigenvalue weighted by molar-refractivity contribution is 8.18. The van der Waals surface area contributed by atoms with Gasteiger partial charge in [0.15, 0.2) is 0 Å². The van der Waals surface area contributed by atoms with Gasteiger partial charge >= 0.3 is 0 Å². The largest absolute Gasteiger partial charge is 0.290 e. The Kier molecular flexibility index (Phi) is 4.33. The Bertz CT molecular complexity index is 1070. The van der Waals surface area contributed by atoms with Crippen molar-refractivity contribution in [3.8, 4) is 11.3 Å². The quantitative estimate of drug-likeness (QED) is 0.668. The van der Waals surface area contributed by atoms with Crippen molar-refractivity contribution in [2.24, 2.45) is 0 Å². The number of nitrogens with zero attached hydrogens (tertiary/aromatic N) is 1. The van der Waals surface area contributed by atoms with E-state index < -0.39 is 22.8 Å². The van der Waals surface area contributed by atoms with Gasteiger partial charge < -0.3 is 0 Å². The monoisotopic (exact) mass is 383 g/mol. The van der Waals surface area contributed by atoms with Gasteiger partial charge in [-0.15, -0.1) is 0 Å². The van der Waals surface area contributed by atoms with E-state index in [2.05, 4.69) is 15.5 Å². The lowest BCUT2D eigenvalue weighted by molar-refractivity contribution is -0.115. The minimum absolute atomic E-state index is 0.200. The Morgan fingerprint density at radius 3 is 2.33 bits per heavy atom. The lowest BCUT2D eigenvalue weighted by Crippen LogP contribution is -2.18. The molecule has 2 heterocycles. The molecule has 4 rings (SSSR count). The summed E-state index contributed by atoms with van der Waals surface area (Å²) in [4.78, 5) is 24.2. The van der Waals surface area contributed by atoms with Crippen LogP contribution >= 0.6 is 11.8 Å². The molecule has 2 aromatic carbocycles. The summed E-state index contributed by atoms with van der Waals surface area (Å²) in [6, 6.07) is 12.0. The molecule has 1 aliphatic heterocycles. The average Bonchev–Trinajstić information content (AvgIpc) is 3.22. The van der Waals surface area contributed by atoms with Crippen molar-refractivity contribution in [2.45, 2.75) is 0 Å². The molecule has 1 fully saturated rings. The summed E-state index contributed by atoms with van der Waals surface area (Å²) in [5.41, 5.74) is 2.07. The summed E-state index contributed by atoms with van der Waals surface area (Å²) in [6.45, 7) is 0. The Balaban J connectivity index is 1.96. The fourth-order valence-corrected chi connectivity index (χ4v) is 3.69. The number of carbonyl (C=O) groups is 2. The molecule has 1 saturated heterocycles. The predicted molar refractivity (Wildman–Crippen MR) is 97.5 cm³/mol. The molecule has 0 unspecified atom stereocenters. The van der Waals surface area contributed by atoms with E-state index in [4.69, 9.17) is 0 Å². The molecule has 0 atom stereocenters. The van der Waals surface area contributed by atoms with Crippen molar-refractivity contribution in [2.75, 3.05) is 0 Å². The maximum absolute atomic E-state index is 13.7. The highest BCUT2D eigenvalue weighted by Gasteiger charge is 2.31. The van der Waals surface area contributed by atoms with Crippen molar-refractivity contribution < 1.29 is 18.4 Å². The smallest absolute Gasteiger partial charge is 0.284 e. The molecule has 5 nitrogen and oxygen atoms in total. The number of thioether (sulfide) groups is 1. The summed E-state index contributed by atoms with van der Waals surface area (Å²) in [7, 11) is 0. The third-order valence-corrected chi connectivity index (χ3v) is 4.83. The van der Waals surface area contributed by atoms with Gasteiger partial charge in [-0.05, 0) is 29.5 Å². The number of amides is 2. The zero-order valence-corrected chi connectivity index (χ0v) is 14.4. The van der Waals surface area contributed by atoms with Gasteiger partial charge in [-0.2, -0.15) is 5.10 Å². The maximum atomic E-state index is 13.7. The normalized spacial score (nSPS) is 15.8. The molecule has 2 N–H and O–H groups in total. The first-order valence-electron chi connectivity index (χ1n) is 7.86. The average molecular weight is 383 g/mol. The molecule has 0 spiro atoms. The standard InChI is InChI=1S/C19H11F2N3O2S/c20-12-6-11(7-13(21)8-12)16-14(9-22-24-16)15(10-4-2-1-3-5-10)17-18(25)23-19(26)27-17/h1-9H,(H,22,24)(H,23,25,26). The number of aromatic amines is 1. The van der Waals surface area contributed by atoms with Crippen LogP contribution in [0.4, 0.5) is 13.6 Å². The number of carbonyl (C=O) groups excluding carboxylic acids is 2. The molecule has 0 radical (unpaired) electrons. The number of hydrogen-bond acceptors (Lipinski definition) is 4. The van der Waals surface area contributed by atoms with Crippen LogP contribution in [0.25, 0.3) is 16.8 Å². The molecule has 3 aromatic rings. The van der Waals surface area contributed by atoms with Gasteiger partial charge in [-0.25, -0.2) is 8.78 Å². The van der Waals surface area contributed by atoms with Crippen LogP contribution in [0.15, 0.2) is 59.6 Å². The van der Waals surface area contributed by atoms with Gasteiger partial charge in [-0.3, -0.25) is 20.0 Å².